The van der Waals surface area contributed by atoms with Gasteiger partial charge in [0.15, 0.2) is 0 Å². The Hall–Kier alpha value is -1.74. The molecule has 25 heavy (non-hydrogen) atoms. The van der Waals surface area contributed by atoms with Crippen molar-refractivity contribution in [3.63, 3.8) is 0 Å². The fourth-order valence-corrected chi connectivity index (χ4v) is 3.92. The highest BCUT2D eigenvalue weighted by molar-refractivity contribution is 6.30. The Labute approximate surface area is 156 Å². The number of methoxy groups -OCH3 is 1. The molecule has 3 atom stereocenters. The van der Waals surface area contributed by atoms with Gasteiger partial charge in [-0.05, 0) is 55.9 Å². The van der Waals surface area contributed by atoms with E-state index in [2.05, 4.69) is 18.4 Å². The molecule has 0 spiro atoms. The lowest BCUT2D eigenvalue weighted by Gasteiger charge is -2.44. The van der Waals surface area contributed by atoms with E-state index in [1.54, 1.807) is 13.4 Å². The maximum atomic E-state index is 13.3. The SMILES string of the molecule is C=CCC1CCC(c2ccc(Cl)cc2)N(C(CC)/C(C)=C/OC)C1=O. The molecule has 3 unspecified atom stereocenters. The number of benzene rings is 1. The number of likely N-dealkylation sites (tertiary alicyclic amines) is 1. The number of rotatable bonds is 7. The molecule has 0 saturated carbocycles. The van der Waals surface area contributed by atoms with Crippen LogP contribution in [0.2, 0.25) is 5.02 Å². The van der Waals surface area contributed by atoms with Crippen molar-refractivity contribution in [2.24, 2.45) is 5.92 Å². The minimum absolute atomic E-state index is 0.0189. The largest absolute Gasteiger partial charge is 0.504 e. The molecule has 1 aromatic rings. The van der Waals surface area contributed by atoms with Crippen LogP contribution >= 0.6 is 11.6 Å². The normalized spacial score (nSPS) is 22.6. The Morgan fingerprint density at radius 3 is 2.64 bits per heavy atom. The number of nitrogens with zero attached hydrogens (tertiary/aromatic N) is 1. The molecule has 136 valence electrons. The maximum Gasteiger partial charge on any atom is 0.227 e. The van der Waals surface area contributed by atoms with Crippen molar-refractivity contribution in [1.29, 1.82) is 0 Å². The van der Waals surface area contributed by atoms with Crippen molar-refractivity contribution >= 4 is 17.5 Å². The highest BCUT2D eigenvalue weighted by Crippen LogP contribution is 2.39. The van der Waals surface area contributed by atoms with Crippen LogP contribution < -0.4 is 0 Å². The average molecular weight is 362 g/mol. The molecule has 0 aliphatic carbocycles. The minimum atomic E-state index is 0.0189. The molecule has 4 heteroatoms. The van der Waals surface area contributed by atoms with Gasteiger partial charge in [-0.25, -0.2) is 0 Å². The van der Waals surface area contributed by atoms with E-state index in [9.17, 15) is 4.79 Å². The third-order valence-corrected chi connectivity index (χ3v) is 5.24. The number of hydrogen-bond donors (Lipinski definition) is 0. The Kier molecular flexibility index (Phi) is 7.12. The standard InChI is InChI=1S/C21H28ClNO2/c1-5-7-17-10-13-20(16-8-11-18(22)12-9-16)23(21(17)24)19(6-2)15(3)14-25-4/h5,8-9,11-12,14,17,19-20H,1,6-7,10,13H2,2-4H3/b15-14+. The van der Waals surface area contributed by atoms with Crippen molar-refractivity contribution in [2.75, 3.05) is 7.11 Å². The second-order valence-electron chi connectivity index (χ2n) is 6.63. The van der Waals surface area contributed by atoms with Crippen LogP contribution in [-0.4, -0.2) is 24.0 Å². The van der Waals surface area contributed by atoms with Crippen LogP contribution in [0.3, 0.4) is 0 Å². The van der Waals surface area contributed by atoms with E-state index in [0.29, 0.717) is 5.02 Å². The Morgan fingerprint density at radius 1 is 1.40 bits per heavy atom. The monoisotopic (exact) mass is 361 g/mol. The number of piperidine rings is 1. The van der Waals surface area contributed by atoms with Gasteiger partial charge in [0.2, 0.25) is 5.91 Å². The van der Waals surface area contributed by atoms with Gasteiger partial charge in [0.1, 0.15) is 0 Å². The summed E-state index contributed by atoms with van der Waals surface area (Å²) < 4.78 is 5.21. The molecule has 0 radical (unpaired) electrons. The molecule has 1 amide bonds. The molecule has 2 rings (SSSR count). The summed E-state index contributed by atoms with van der Waals surface area (Å²) in [6.45, 7) is 7.95. The Bertz CT molecular complexity index is 623. The number of allylic oxidation sites excluding steroid dienone is 1. The van der Waals surface area contributed by atoms with Gasteiger partial charge < -0.3 is 9.64 Å². The summed E-state index contributed by atoms with van der Waals surface area (Å²) in [5.74, 6) is 0.229. The van der Waals surface area contributed by atoms with E-state index < -0.39 is 0 Å². The van der Waals surface area contributed by atoms with Gasteiger partial charge in [0.25, 0.3) is 0 Å². The summed E-state index contributed by atoms with van der Waals surface area (Å²) in [6, 6.07) is 7.95. The Balaban J connectivity index is 2.42. The summed E-state index contributed by atoms with van der Waals surface area (Å²) >= 11 is 6.04. The topological polar surface area (TPSA) is 29.5 Å². The first-order chi connectivity index (χ1) is 12.0. The fraction of sp³-hybridized carbons (Fsp3) is 0.476. The number of carbonyl (C=O) groups is 1. The summed E-state index contributed by atoms with van der Waals surface area (Å²) in [5.41, 5.74) is 2.20. The zero-order valence-corrected chi connectivity index (χ0v) is 16.1. The van der Waals surface area contributed by atoms with Gasteiger partial charge >= 0.3 is 0 Å². The van der Waals surface area contributed by atoms with Crippen LogP contribution in [0.1, 0.15) is 51.1 Å². The first kappa shape index (κ1) is 19.6. The molecule has 0 N–H and O–H groups in total. The number of hydrogen-bond acceptors (Lipinski definition) is 2. The smallest absolute Gasteiger partial charge is 0.227 e. The molecule has 1 aliphatic rings. The van der Waals surface area contributed by atoms with E-state index >= 15 is 0 Å². The van der Waals surface area contributed by atoms with Crippen molar-refractivity contribution in [2.45, 2.75) is 51.6 Å². The van der Waals surface area contributed by atoms with Crippen LogP contribution in [0.5, 0.6) is 0 Å². The third kappa shape index (κ3) is 4.46. The molecule has 1 heterocycles. The van der Waals surface area contributed by atoms with Crippen molar-refractivity contribution < 1.29 is 9.53 Å². The van der Waals surface area contributed by atoms with Crippen molar-refractivity contribution in [3.05, 3.63) is 59.3 Å². The molecule has 0 bridgehead atoms. The highest BCUT2D eigenvalue weighted by Gasteiger charge is 2.39. The highest BCUT2D eigenvalue weighted by atomic mass is 35.5. The molecule has 1 aliphatic heterocycles. The molecular weight excluding hydrogens is 334 g/mol. The van der Waals surface area contributed by atoms with E-state index in [-0.39, 0.29) is 23.9 Å². The predicted molar refractivity (Wildman–Crippen MR) is 103 cm³/mol. The van der Waals surface area contributed by atoms with Gasteiger partial charge in [0, 0.05) is 10.9 Å². The van der Waals surface area contributed by atoms with E-state index in [1.807, 2.05) is 37.3 Å². The molecular formula is C21H28ClNO2. The average Bonchev–Trinajstić information content (AvgIpc) is 2.60. The lowest BCUT2D eigenvalue weighted by atomic mass is 9.84. The lowest BCUT2D eigenvalue weighted by Crippen LogP contribution is -2.49. The molecule has 1 aromatic carbocycles. The number of carbonyl (C=O) groups excluding carboxylic acids is 1. The van der Waals surface area contributed by atoms with Crippen LogP contribution in [0.25, 0.3) is 0 Å². The Morgan fingerprint density at radius 2 is 2.08 bits per heavy atom. The van der Waals surface area contributed by atoms with Crippen molar-refractivity contribution in [3.8, 4) is 0 Å². The zero-order valence-electron chi connectivity index (χ0n) is 15.4. The van der Waals surface area contributed by atoms with Crippen molar-refractivity contribution in [1.82, 2.24) is 4.90 Å². The lowest BCUT2D eigenvalue weighted by molar-refractivity contribution is -0.144. The molecule has 3 nitrogen and oxygen atoms in total. The van der Waals surface area contributed by atoms with Gasteiger partial charge in [-0.2, -0.15) is 0 Å². The maximum absolute atomic E-state index is 13.3. The summed E-state index contributed by atoms with van der Waals surface area (Å²) in [4.78, 5) is 15.3. The van der Waals surface area contributed by atoms with E-state index in [1.165, 1.54) is 0 Å². The van der Waals surface area contributed by atoms with E-state index in [4.69, 9.17) is 16.3 Å². The van der Waals surface area contributed by atoms with Crippen LogP contribution in [-0.2, 0) is 9.53 Å². The van der Waals surface area contributed by atoms with Gasteiger partial charge in [-0.15, -0.1) is 6.58 Å². The number of amides is 1. The first-order valence-electron chi connectivity index (χ1n) is 8.91. The summed E-state index contributed by atoms with van der Waals surface area (Å²) in [7, 11) is 1.64. The van der Waals surface area contributed by atoms with Gasteiger partial charge in [-0.1, -0.05) is 36.7 Å². The predicted octanol–water partition coefficient (Wildman–Crippen LogP) is 5.52. The third-order valence-electron chi connectivity index (χ3n) is 4.99. The molecule has 1 saturated heterocycles. The van der Waals surface area contributed by atoms with Gasteiger partial charge in [0.05, 0.1) is 25.5 Å². The summed E-state index contributed by atoms with van der Waals surface area (Å²) in [5, 5.41) is 0.712. The van der Waals surface area contributed by atoms with E-state index in [0.717, 1.165) is 36.8 Å². The molecule has 0 aromatic heterocycles. The van der Waals surface area contributed by atoms with Crippen LogP contribution in [0.15, 0.2) is 48.8 Å². The number of ether oxygens (including phenoxy) is 1. The second-order valence-corrected chi connectivity index (χ2v) is 7.07. The first-order valence-corrected chi connectivity index (χ1v) is 9.29. The molecule has 1 fully saturated rings. The number of halogens is 1. The van der Waals surface area contributed by atoms with Crippen LogP contribution in [0.4, 0.5) is 0 Å². The fourth-order valence-electron chi connectivity index (χ4n) is 3.79. The second kappa shape index (κ2) is 9.10. The van der Waals surface area contributed by atoms with Crippen LogP contribution in [0, 0.1) is 5.92 Å². The zero-order chi connectivity index (χ0) is 18.4. The minimum Gasteiger partial charge on any atom is -0.504 e. The summed E-state index contributed by atoms with van der Waals surface area (Å²) in [6.07, 6.45) is 7.01. The quantitative estimate of drug-likeness (QED) is 0.472. The van der Waals surface area contributed by atoms with Gasteiger partial charge in [-0.3, -0.25) is 4.79 Å².